The van der Waals surface area contributed by atoms with Gasteiger partial charge >= 0.3 is 24.4 Å². The summed E-state index contributed by atoms with van der Waals surface area (Å²) in [5.74, 6) is 0. The number of rotatable bonds is 15. The van der Waals surface area contributed by atoms with E-state index in [1.54, 1.807) is 19.6 Å². The van der Waals surface area contributed by atoms with Crippen LogP contribution in [0.4, 0.5) is 19.2 Å². The summed E-state index contributed by atoms with van der Waals surface area (Å²) in [6.45, 7) is 28.8. The molecule has 0 radical (unpaired) electrons. The number of hydrogen-bond donors (Lipinski definition) is 0. The van der Waals surface area contributed by atoms with Gasteiger partial charge in [0.15, 0.2) is 0 Å². The summed E-state index contributed by atoms with van der Waals surface area (Å²) >= 11 is 0. The zero-order chi connectivity index (χ0) is 36.6. The summed E-state index contributed by atoms with van der Waals surface area (Å²) in [5, 5.41) is 0. The van der Waals surface area contributed by atoms with Gasteiger partial charge in [0.1, 0.15) is 22.4 Å². The lowest BCUT2D eigenvalue weighted by molar-refractivity contribution is 0.0196. The van der Waals surface area contributed by atoms with Crippen LogP contribution in [0.3, 0.4) is 0 Å². The van der Waals surface area contributed by atoms with Gasteiger partial charge < -0.3 is 38.5 Å². The SMILES string of the molecule is CCCN(CCCN(C/C=C/CN(CCCN(CC)C(=O)OC(C)(C)C)C(=O)OC(C)(C)C)C(=O)OC(C)(C)C)C(=O)OC(C)(C)C. The van der Waals surface area contributed by atoms with Crippen LogP contribution >= 0.6 is 0 Å². The fourth-order valence-corrected chi connectivity index (χ4v) is 4.07. The van der Waals surface area contributed by atoms with E-state index in [1.807, 2.05) is 109 Å². The van der Waals surface area contributed by atoms with E-state index in [9.17, 15) is 19.2 Å². The van der Waals surface area contributed by atoms with Gasteiger partial charge in [0.05, 0.1) is 0 Å². The van der Waals surface area contributed by atoms with Crippen LogP contribution in [0.25, 0.3) is 0 Å². The predicted molar refractivity (Wildman–Crippen MR) is 186 cm³/mol. The molecule has 4 amide bonds. The Hall–Kier alpha value is -3.18. The molecule has 0 bridgehead atoms. The van der Waals surface area contributed by atoms with Crippen molar-refractivity contribution in [2.75, 3.05) is 52.4 Å². The van der Waals surface area contributed by atoms with Crippen molar-refractivity contribution in [3.05, 3.63) is 12.2 Å². The zero-order valence-corrected chi connectivity index (χ0v) is 32.0. The molecule has 0 heterocycles. The molecule has 0 aromatic rings. The maximum absolute atomic E-state index is 13.1. The summed E-state index contributed by atoms with van der Waals surface area (Å²) in [5.41, 5.74) is -2.55. The first kappa shape index (κ1) is 43.8. The predicted octanol–water partition coefficient (Wildman–Crippen LogP) is 7.70. The molecule has 0 saturated heterocycles. The lowest BCUT2D eigenvalue weighted by Crippen LogP contribution is -2.41. The van der Waals surface area contributed by atoms with Crippen LogP contribution < -0.4 is 0 Å². The normalized spacial score (nSPS) is 12.4. The van der Waals surface area contributed by atoms with E-state index >= 15 is 0 Å². The van der Waals surface area contributed by atoms with Gasteiger partial charge in [-0.1, -0.05) is 19.1 Å². The van der Waals surface area contributed by atoms with Gasteiger partial charge in [0, 0.05) is 52.4 Å². The minimum Gasteiger partial charge on any atom is -0.444 e. The van der Waals surface area contributed by atoms with E-state index in [2.05, 4.69) is 0 Å². The molecule has 0 aliphatic carbocycles. The Morgan fingerprint density at radius 2 is 0.723 bits per heavy atom. The van der Waals surface area contributed by atoms with Crippen LogP contribution in [-0.4, -0.2) is 119 Å². The minimum atomic E-state index is -0.678. The van der Waals surface area contributed by atoms with Crippen molar-refractivity contribution in [1.82, 2.24) is 19.6 Å². The Labute approximate surface area is 285 Å². The number of amides is 4. The first-order valence-electron chi connectivity index (χ1n) is 16.9. The Morgan fingerprint density at radius 1 is 0.447 bits per heavy atom. The fourth-order valence-electron chi connectivity index (χ4n) is 4.07. The number of hydrogen-bond acceptors (Lipinski definition) is 8. The highest BCUT2D eigenvalue weighted by Crippen LogP contribution is 2.15. The maximum Gasteiger partial charge on any atom is 0.410 e. The topological polar surface area (TPSA) is 118 Å². The summed E-state index contributed by atoms with van der Waals surface area (Å²) in [4.78, 5) is 57.8. The molecular formula is C35H66N4O8. The smallest absolute Gasteiger partial charge is 0.410 e. The van der Waals surface area contributed by atoms with E-state index in [-0.39, 0.29) is 19.2 Å². The maximum atomic E-state index is 13.1. The monoisotopic (exact) mass is 670 g/mol. The van der Waals surface area contributed by atoms with Crippen LogP contribution in [0.1, 0.15) is 116 Å². The van der Waals surface area contributed by atoms with Crippen molar-refractivity contribution in [3.8, 4) is 0 Å². The molecule has 0 N–H and O–H groups in total. The van der Waals surface area contributed by atoms with Crippen LogP contribution in [0.15, 0.2) is 12.2 Å². The lowest BCUT2D eigenvalue weighted by atomic mass is 10.2. The lowest BCUT2D eigenvalue weighted by Gasteiger charge is -2.29. The molecular weight excluding hydrogens is 604 g/mol. The molecule has 12 nitrogen and oxygen atoms in total. The second kappa shape index (κ2) is 19.6. The second-order valence-corrected chi connectivity index (χ2v) is 15.6. The second-order valence-electron chi connectivity index (χ2n) is 15.6. The third-order valence-corrected chi connectivity index (χ3v) is 6.01. The zero-order valence-electron chi connectivity index (χ0n) is 32.0. The molecule has 0 saturated carbocycles. The molecule has 0 rings (SSSR count). The number of nitrogens with zero attached hydrogens (tertiary/aromatic N) is 4. The van der Waals surface area contributed by atoms with Crippen LogP contribution in [0.5, 0.6) is 0 Å². The third kappa shape index (κ3) is 22.1. The highest BCUT2D eigenvalue weighted by atomic mass is 16.6. The Balaban J connectivity index is 5.60. The fraction of sp³-hybridized carbons (Fsp3) is 0.829. The summed E-state index contributed by atoms with van der Waals surface area (Å²) in [7, 11) is 0. The summed E-state index contributed by atoms with van der Waals surface area (Å²) in [6, 6.07) is 0. The number of ether oxygens (including phenoxy) is 4. The molecule has 0 unspecified atom stereocenters. The molecule has 0 aromatic carbocycles. The largest absolute Gasteiger partial charge is 0.444 e. The van der Waals surface area contributed by atoms with Crippen molar-refractivity contribution in [3.63, 3.8) is 0 Å². The van der Waals surface area contributed by atoms with Crippen molar-refractivity contribution in [2.24, 2.45) is 0 Å². The molecule has 0 atom stereocenters. The van der Waals surface area contributed by atoms with E-state index < -0.39 is 40.7 Å². The molecule has 0 fully saturated rings. The van der Waals surface area contributed by atoms with Crippen LogP contribution in [0, 0.1) is 0 Å². The van der Waals surface area contributed by atoms with Crippen molar-refractivity contribution in [1.29, 1.82) is 0 Å². The van der Waals surface area contributed by atoms with Crippen LogP contribution in [-0.2, 0) is 18.9 Å². The van der Waals surface area contributed by atoms with Gasteiger partial charge in [-0.25, -0.2) is 19.2 Å². The third-order valence-electron chi connectivity index (χ3n) is 6.01. The number of carbonyl (C=O) groups excluding carboxylic acids is 4. The molecule has 274 valence electrons. The molecule has 0 spiro atoms. The van der Waals surface area contributed by atoms with Gasteiger partial charge in [-0.15, -0.1) is 0 Å². The van der Waals surface area contributed by atoms with Gasteiger partial charge in [-0.05, 0) is 109 Å². The highest BCUT2D eigenvalue weighted by Gasteiger charge is 2.26. The van der Waals surface area contributed by atoms with Gasteiger partial charge in [0.25, 0.3) is 0 Å². The molecule has 12 heteroatoms. The van der Waals surface area contributed by atoms with Gasteiger partial charge in [0.2, 0.25) is 0 Å². The Kier molecular flexibility index (Phi) is 18.3. The highest BCUT2D eigenvalue weighted by molar-refractivity contribution is 5.70. The molecule has 0 aliphatic heterocycles. The standard InChI is InChI=1S/C35H66N4O8/c1-15-21-37(29(41)45-33(6,7)8)25-20-27-39(31(43)47-35(12,13)14)23-18-17-22-38(30(42)46-34(9,10)11)26-19-24-36(16-2)28(40)44-32(3,4)5/h17-18H,15-16,19-27H2,1-14H3/b18-17+. The minimum absolute atomic E-state index is 0.249. The van der Waals surface area contributed by atoms with Crippen molar-refractivity contribution < 1.29 is 38.1 Å². The van der Waals surface area contributed by atoms with E-state index in [0.717, 1.165) is 6.42 Å². The van der Waals surface area contributed by atoms with Crippen molar-refractivity contribution in [2.45, 2.75) is 139 Å². The average Bonchev–Trinajstić information content (AvgIpc) is 2.86. The summed E-state index contributed by atoms with van der Waals surface area (Å²) in [6.07, 6.45) is 3.76. The number of carbonyl (C=O) groups is 4. The van der Waals surface area contributed by atoms with E-state index in [4.69, 9.17) is 18.9 Å². The Bertz CT molecular complexity index is 1000. The molecule has 0 aromatic heterocycles. The Morgan fingerprint density at radius 3 is 1.02 bits per heavy atom. The van der Waals surface area contributed by atoms with E-state index in [1.165, 1.54) is 0 Å². The van der Waals surface area contributed by atoms with Gasteiger partial charge in [-0.2, -0.15) is 0 Å². The average molecular weight is 671 g/mol. The van der Waals surface area contributed by atoms with Crippen LogP contribution in [0.2, 0.25) is 0 Å². The van der Waals surface area contributed by atoms with E-state index in [0.29, 0.717) is 52.1 Å². The summed E-state index contributed by atoms with van der Waals surface area (Å²) < 4.78 is 22.3. The quantitative estimate of drug-likeness (QED) is 0.129. The molecule has 0 aliphatic rings. The van der Waals surface area contributed by atoms with Crippen molar-refractivity contribution >= 4 is 24.4 Å². The van der Waals surface area contributed by atoms with Gasteiger partial charge in [-0.3, -0.25) is 0 Å². The molecule has 47 heavy (non-hydrogen) atoms. The first-order valence-corrected chi connectivity index (χ1v) is 16.9. The first-order chi connectivity index (χ1) is 21.4.